The fourth-order valence-electron chi connectivity index (χ4n) is 3.15. The first-order valence-corrected chi connectivity index (χ1v) is 12.8. The van der Waals surface area contributed by atoms with E-state index >= 15 is 0 Å². The largest absolute Gasteiger partial charge is 0.370 e. The first-order chi connectivity index (χ1) is 12.0. The topological polar surface area (TPSA) is 54.1 Å². The molecular weight excluding hydrogens is 328 g/mol. The number of piperidine rings is 1. The molecule has 0 aliphatic carbocycles. The summed E-state index contributed by atoms with van der Waals surface area (Å²) in [5.74, 6) is 0.210. The van der Waals surface area contributed by atoms with Gasteiger partial charge in [0, 0.05) is 45.3 Å². The van der Waals surface area contributed by atoms with E-state index in [4.69, 9.17) is 10.00 Å². The maximum Gasteiger partial charge on any atom is 0.141 e. The minimum absolute atomic E-state index is 0.210. The van der Waals surface area contributed by atoms with Crippen LogP contribution < -0.4 is 4.90 Å². The second-order valence-electron chi connectivity index (χ2n) is 8.13. The zero-order valence-electron chi connectivity index (χ0n) is 15.5. The average molecular weight is 357 g/mol. The molecule has 134 valence electrons. The van der Waals surface area contributed by atoms with Gasteiger partial charge in [-0.25, -0.2) is 4.98 Å². The molecule has 2 aromatic rings. The molecule has 5 nitrogen and oxygen atoms in total. The van der Waals surface area contributed by atoms with Gasteiger partial charge in [-0.15, -0.1) is 0 Å². The first kappa shape index (κ1) is 18.0. The summed E-state index contributed by atoms with van der Waals surface area (Å²) in [6.07, 6.45) is 5.90. The second-order valence-corrected chi connectivity index (χ2v) is 13.8. The third kappa shape index (κ3) is 4.62. The van der Waals surface area contributed by atoms with Gasteiger partial charge in [-0.2, -0.15) is 5.26 Å². The summed E-state index contributed by atoms with van der Waals surface area (Å²) in [5.41, 5.74) is 2.13. The number of nitriles is 1. The van der Waals surface area contributed by atoms with Gasteiger partial charge < -0.3 is 14.2 Å². The van der Waals surface area contributed by atoms with Crippen molar-refractivity contribution in [2.24, 2.45) is 5.92 Å². The molecule has 0 aromatic carbocycles. The van der Waals surface area contributed by atoms with E-state index in [2.05, 4.69) is 58.5 Å². The Morgan fingerprint density at radius 2 is 2.08 bits per heavy atom. The predicted octanol–water partition coefficient (Wildman–Crippen LogP) is 4.09. The van der Waals surface area contributed by atoms with Crippen molar-refractivity contribution in [2.45, 2.75) is 45.3 Å². The third-order valence-corrected chi connectivity index (χ3v) is 6.56. The zero-order chi connectivity index (χ0) is 17.9. The summed E-state index contributed by atoms with van der Waals surface area (Å²) >= 11 is 0. The number of nitrogens with zero attached hydrogens (tertiary/aromatic N) is 4. The quantitative estimate of drug-likeness (QED) is 0.578. The van der Waals surface area contributed by atoms with E-state index in [1.54, 1.807) is 0 Å². The molecule has 0 radical (unpaired) electrons. The molecule has 1 aliphatic heterocycles. The standard InChI is InChI=1S/C19H28N4OSi/c1-25(2,3)11-10-24-15-23-9-6-17-12-18(14-21-19(17)23)22-7-4-16(13-20)5-8-22/h6,9,12,14,16H,4-5,7-8,10-11,15H2,1-3H3. The second kappa shape index (κ2) is 7.59. The zero-order valence-corrected chi connectivity index (χ0v) is 16.5. The minimum atomic E-state index is -1.04. The molecule has 0 unspecified atom stereocenters. The molecule has 1 saturated heterocycles. The molecule has 0 saturated carbocycles. The summed E-state index contributed by atoms with van der Waals surface area (Å²) in [6, 6.07) is 7.88. The summed E-state index contributed by atoms with van der Waals surface area (Å²) in [7, 11) is -1.04. The van der Waals surface area contributed by atoms with E-state index in [9.17, 15) is 0 Å². The highest BCUT2D eigenvalue weighted by Gasteiger charge is 2.19. The van der Waals surface area contributed by atoms with Gasteiger partial charge in [-0.05, 0) is 31.0 Å². The van der Waals surface area contributed by atoms with Gasteiger partial charge in [0.15, 0.2) is 0 Å². The summed E-state index contributed by atoms with van der Waals surface area (Å²) in [4.78, 5) is 7.00. The Bertz CT molecular complexity index is 751. The number of hydrogen-bond acceptors (Lipinski definition) is 4. The number of rotatable bonds is 6. The normalized spacial score (nSPS) is 16.3. The minimum Gasteiger partial charge on any atom is -0.370 e. The van der Waals surface area contributed by atoms with Crippen LogP contribution in [0.15, 0.2) is 24.5 Å². The lowest BCUT2D eigenvalue weighted by atomic mass is 9.98. The van der Waals surface area contributed by atoms with Crippen molar-refractivity contribution in [3.8, 4) is 6.07 Å². The number of pyridine rings is 1. The molecule has 0 spiro atoms. The van der Waals surface area contributed by atoms with Crippen molar-refractivity contribution in [3.63, 3.8) is 0 Å². The SMILES string of the molecule is C[Si](C)(C)CCOCn1ccc2cc(N3CCC(C#N)CC3)cnc21. The highest BCUT2D eigenvalue weighted by Crippen LogP contribution is 2.25. The fourth-order valence-corrected chi connectivity index (χ4v) is 3.91. The molecule has 0 bridgehead atoms. The van der Waals surface area contributed by atoms with Gasteiger partial charge in [0.2, 0.25) is 0 Å². The Morgan fingerprint density at radius 3 is 2.76 bits per heavy atom. The van der Waals surface area contributed by atoms with Crippen LogP contribution in [0.2, 0.25) is 25.7 Å². The predicted molar refractivity (Wildman–Crippen MR) is 104 cm³/mol. The number of hydrogen-bond donors (Lipinski definition) is 0. The van der Waals surface area contributed by atoms with Gasteiger partial charge in [0.05, 0.1) is 18.0 Å². The molecule has 2 aromatic heterocycles. The highest BCUT2D eigenvalue weighted by atomic mass is 28.3. The lowest BCUT2D eigenvalue weighted by Crippen LogP contribution is -2.33. The van der Waals surface area contributed by atoms with Crippen molar-refractivity contribution in [1.82, 2.24) is 9.55 Å². The lowest BCUT2D eigenvalue weighted by Gasteiger charge is -2.30. The van der Waals surface area contributed by atoms with Crippen LogP contribution in [0.5, 0.6) is 0 Å². The Morgan fingerprint density at radius 1 is 1.32 bits per heavy atom. The summed E-state index contributed by atoms with van der Waals surface area (Å²) in [5, 5.41) is 10.2. The molecule has 1 fully saturated rings. The Hall–Kier alpha value is -1.84. The Kier molecular flexibility index (Phi) is 5.45. The van der Waals surface area contributed by atoms with Crippen LogP contribution in [0.3, 0.4) is 0 Å². The molecule has 0 N–H and O–H groups in total. The van der Waals surface area contributed by atoms with Crippen LogP contribution >= 0.6 is 0 Å². The highest BCUT2D eigenvalue weighted by molar-refractivity contribution is 6.76. The van der Waals surface area contributed by atoms with Crippen LogP contribution in [0.1, 0.15) is 12.8 Å². The Labute approximate surface area is 151 Å². The van der Waals surface area contributed by atoms with Crippen molar-refractivity contribution >= 4 is 24.8 Å². The molecule has 0 atom stereocenters. The van der Waals surface area contributed by atoms with E-state index < -0.39 is 8.07 Å². The van der Waals surface area contributed by atoms with Crippen LogP contribution in [0, 0.1) is 17.2 Å². The number of ether oxygens (including phenoxy) is 1. The van der Waals surface area contributed by atoms with Crippen molar-refractivity contribution in [1.29, 1.82) is 5.26 Å². The van der Waals surface area contributed by atoms with Crippen LogP contribution in [-0.4, -0.2) is 37.3 Å². The summed E-state index contributed by atoms with van der Waals surface area (Å²) < 4.78 is 7.92. The van der Waals surface area contributed by atoms with E-state index in [1.165, 1.54) is 6.04 Å². The third-order valence-electron chi connectivity index (χ3n) is 4.86. The maximum absolute atomic E-state index is 9.03. The van der Waals surface area contributed by atoms with Gasteiger partial charge >= 0.3 is 0 Å². The molecule has 0 amide bonds. The van der Waals surface area contributed by atoms with Crippen molar-refractivity contribution in [2.75, 3.05) is 24.6 Å². The van der Waals surface area contributed by atoms with E-state index in [0.29, 0.717) is 6.73 Å². The van der Waals surface area contributed by atoms with Crippen LogP contribution in [-0.2, 0) is 11.5 Å². The monoisotopic (exact) mass is 356 g/mol. The van der Waals surface area contributed by atoms with E-state index in [1.807, 2.05) is 6.20 Å². The fraction of sp³-hybridized carbons (Fsp3) is 0.579. The molecular formula is C19H28N4OSi. The van der Waals surface area contributed by atoms with Crippen LogP contribution in [0.4, 0.5) is 5.69 Å². The number of anilines is 1. The number of fused-ring (bicyclic) bond motifs is 1. The van der Waals surface area contributed by atoms with Gasteiger partial charge in [-0.3, -0.25) is 0 Å². The van der Waals surface area contributed by atoms with E-state index in [0.717, 1.165) is 49.3 Å². The van der Waals surface area contributed by atoms with Crippen molar-refractivity contribution in [3.05, 3.63) is 24.5 Å². The molecule has 3 rings (SSSR count). The first-order valence-electron chi connectivity index (χ1n) is 9.13. The average Bonchev–Trinajstić information content (AvgIpc) is 3.00. The van der Waals surface area contributed by atoms with Crippen molar-refractivity contribution < 1.29 is 4.74 Å². The lowest BCUT2D eigenvalue weighted by molar-refractivity contribution is 0.0899. The van der Waals surface area contributed by atoms with Gasteiger partial charge in [0.1, 0.15) is 12.4 Å². The molecule has 1 aliphatic rings. The summed E-state index contributed by atoms with van der Waals surface area (Å²) in [6.45, 7) is 10.4. The smallest absolute Gasteiger partial charge is 0.141 e. The Balaban J connectivity index is 1.62. The number of aromatic nitrogens is 2. The molecule has 25 heavy (non-hydrogen) atoms. The van der Waals surface area contributed by atoms with Gasteiger partial charge in [0.25, 0.3) is 0 Å². The molecule has 6 heteroatoms. The molecule has 3 heterocycles. The van der Waals surface area contributed by atoms with Gasteiger partial charge in [-0.1, -0.05) is 19.6 Å². The maximum atomic E-state index is 9.03. The van der Waals surface area contributed by atoms with Crippen LogP contribution in [0.25, 0.3) is 11.0 Å². The van der Waals surface area contributed by atoms with E-state index in [-0.39, 0.29) is 5.92 Å².